The van der Waals surface area contributed by atoms with E-state index in [4.69, 9.17) is 4.74 Å². The summed E-state index contributed by atoms with van der Waals surface area (Å²) in [7, 11) is 0. The third-order valence-corrected chi connectivity index (χ3v) is 2.78. The van der Waals surface area contributed by atoms with E-state index in [-0.39, 0.29) is 0 Å². The maximum atomic E-state index is 10.2. The smallest absolute Gasteiger partial charge is 0.131 e. The molecule has 1 unspecified atom stereocenters. The quantitative estimate of drug-likeness (QED) is 0.711. The number of hydrogen-bond acceptors (Lipinski definition) is 3. The van der Waals surface area contributed by atoms with Gasteiger partial charge in [0.15, 0.2) is 0 Å². The van der Waals surface area contributed by atoms with Crippen molar-refractivity contribution in [3.05, 3.63) is 11.8 Å². The van der Waals surface area contributed by atoms with Crippen molar-refractivity contribution in [2.75, 3.05) is 13.2 Å². The summed E-state index contributed by atoms with van der Waals surface area (Å²) in [6, 6.07) is 0.630. The molecule has 3 heteroatoms. The predicted molar refractivity (Wildman–Crippen MR) is 54.9 cm³/mol. The molecule has 2 rings (SSSR count). The van der Waals surface area contributed by atoms with E-state index in [0.29, 0.717) is 12.6 Å². The summed E-state index contributed by atoms with van der Waals surface area (Å²) in [5.74, 6) is 0.747. The molecule has 0 radical (unpaired) electrons. The van der Waals surface area contributed by atoms with Crippen LogP contribution in [0.3, 0.4) is 0 Å². The Labute approximate surface area is 85.1 Å². The molecule has 0 aromatic rings. The predicted octanol–water partition coefficient (Wildman–Crippen LogP) is 1.18. The fraction of sp³-hybridized carbons (Fsp3) is 0.818. The average Bonchev–Trinajstić information content (AvgIpc) is 3.00. The summed E-state index contributed by atoms with van der Waals surface area (Å²) in [4.78, 5) is 0. The number of ether oxygens (including phenoxy) is 1. The normalized spacial score (nSPS) is 26.3. The largest absolute Gasteiger partial charge is 0.495 e. The van der Waals surface area contributed by atoms with Gasteiger partial charge in [-0.25, -0.2) is 0 Å². The highest BCUT2D eigenvalue weighted by molar-refractivity contribution is 5.11. The number of hydrogen-bond donors (Lipinski definition) is 2. The first-order chi connectivity index (χ1) is 6.68. The molecule has 1 atom stereocenters. The van der Waals surface area contributed by atoms with Crippen LogP contribution in [-0.2, 0) is 4.74 Å². The fourth-order valence-electron chi connectivity index (χ4n) is 1.65. The molecule has 1 heterocycles. The minimum Gasteiger partial charge on any atom is -0.495 e. The molecular formula is C11H19NO2. The molecule has 0 saturated heterocycles. The fourth-order valence-corrected chi connectivity index (χ4v) is 1.65. The Balaban J connectivity index is 1.87. The van der Waals surface area contributed by atoms with Crippen molar-refractivity contribution in [2.24, 2.45) is 0 Å². The van der Waals surface area contributed by atoms with E-state index in [1.165, 1.54) is 12.8 Å². The topological polar surface area (TPSA) is 41.5 Å². The Bertz CT molecular complexity index is 231. The highest BCUT2D eigenvalue weighted by Crippen LogP contribution is 2.24. The first kappa shape index (κ1) is 9.99. The van der Waals surface area contributed by atoms with Gasteiger partial charge in [-0.2, -0.15) is 0 Å². The summed E-state index contributed by atoms with van der Waals surface area (Å²) < 4.78 is 5.47. The average molecular weight is 197 g/mol. The second kappa shape index (κ2) is 3.91. The van der Waals surface area contributed by atoms with Crippen molar-refractivity contribution in [3.63, 3.8) is 0 Å². The number of aliphatic hydroxyl groups is 1. The minimum absolute atomic E-state index is 0.601. The van der Waals surface area contributed by atoms with Crippen LogP contribution in [0.1, 0.15) is 32.6 Å². The Kier molecular flexibility index (Phi) is 2.79. The summed E-state index contributed by atoms with van der Waals surface area (Å²) in [5.41, 5.74) is -0.830. The molecule has 2 N–H and O–H groups in total. The summed E-state index contributed by atoms with van der Waals surface area (Å²) in [5, 5.41) is 13.5. The van der Waals surface area contributed by atoms with Crippen LogP contribution >= 0.6 is 0 Å². The van der Waals surface area contributed by atoms with Gasteiger partial charge in [-0.05, 0) is 38.7 Å². The van der Waals surface area contributed by atoms with E-state index in [1.54, 1.807) is 0 Å². The van der Waals surface area contributed by atoms with Crippen LogP contribution in [0.2, 0.25) is 0 Å². The maximum absolute atomic E-state index is 10.2. The van der Waals surface area contributed by atoms with Gasteiger partial charge >= 0.3 is 0 Å². The van der Waals surface area contributed by atoms with Gasteiger partial charge in [-0.1, -0.05) is 0 Å². The van der Waals surface area contributed by atoms with E-state index < -0.39 is 5.60 Å². The molecule has 1 saturated carbocycles. The molecule has 1 aliphatic carbocycles. The SMILES string of the molecule is CC(O)(CNC1CC1)C1=CCCCO1. The number of allylic oxidation sites excluding steroid dienone is 1. The third-order valence-electron chi connectivity index (χ3n) is 2.78. The molecule has 0 bridgehead atoms. The van der Waals surface area contributed by atoms with Crippen molar-refractivity contribution in [1.82, 2.24) is 5.32 Å². The first-order valence-corrected chi connectivity index (χ1v) is 5.48. The van der Waals surface area contributed by atoms with Gasteiger partial charge in [-0.15, -0.1) is 0 Å². The van der Waals surface area contributed by atoms with E-state index in [2.05, 4.69) is 5.32 Å². The van der Waals surface area contributed by atoms with E-state index >= 15 is 0 Å². The van der Waals surface area contributed by atoms with Crippen LogP contribution in [-0.4, -0.2) is 29.9 Å². The second-order valence-electron chi connectivity index (χ2n) is 4.49. The summed E-state index contributed by atoms with van der Waals surface area (Å²) in [6.45, 7) is 3.16. The lowest BCUT2D eigenvalue weighted by Crippen LogP contribution is -2.41. The van der Waals surface area contributed by atoms with Crippen molar-refractivity contribution in [2.45, 2.75) is 44.2 Å². The van der Waals surface area contributed by atoms with Crippen molar-refractivity contribution < 1.29 is 9.84 Å². The summed E-state index contributed by atoms with van der Waals surface area (Å²) >= 11 is 0. The lowest BCUT2D eigenvalue weighted by atomic mass is 10.0. The van der Waals surface area contributed by atoms with Gasteiger partial charge in [0, 0.05) is 12.6 Å². The van der Waals surface area contributed by atoms with Crippen molar-refractivity contribution in [3.8, 4) is 0 Å². The van der Waals surface area contributed by atoms with E-state index in [1.807, 2.05) is 13.0 Å². The third kappa shape index (κ3) is 2.49. The second-order valence-corrected chi connectivity index (χ2v) is 4.49. The molecule has 0 aromatic carbocycles. The van der Waals surface area contributed by atoms with Crippen LogP contribution in [0.15, 0.2) is 11.8 Å². The molecule has 80 valence electrons. The van der Waals surface area contributed by atoms with E-state index in [9.17, 15) is 5.11 Å². The van der Waals surface area contributed by atoms with Gasteiger partial charge in [0.25, 0.3) is 0 Å². The lowest BCUT2D eigenvalue weighted by molar-refractivity contribution is 0.0184. The molecule has 0 spiro atoms. The monoisotopic (exact) mass is 197 g/mol. The Morgan fingerprint density at radius 1 is 1.64 bits per heavy atom. The van der Waals surface area contributed by atoms with Crippen molar-refractivity contribution in [1.29, 1.82) is 0 Å². The molecule has 14 heavy (non-hydrogen) atoms. The van der Waals surface area contributed by atoms with Gasteiger partial charge in [0.05, 0.1) is 6.61 Å². The van der Waals surface area contributed by atoms with Gasteiger partial charge < -0.3 is 15.2 Å². The van der Waals surface area contributed by atoms with Crippen LogP contribution in [0, 0.1) is 0 Å². The zero-order chi connectivity index (χ0) is 10.0. The molecular weight excluding hydrogens is 178 g/mol. The van der Waals surface area contributed by atoms with Crippen LogP contribution in [0.25, 0.3) is 0 Å². The highest BCUT2D eigenvalue weighted by Gasteiger charge is 2.31. The first-order valence-electron chi connectivity index (χ1n) is 5.48. The van der Waals surface area contributed by atoms with E-state index in [0.717, 1.165) is 25.2 Å². The van der Waals surface area contributed by atoms with Crippen LogP contribution < -0.4 is 5.32 Å². The van der Waals surface area contributed by atoms with Crippen LogP contribution in [0.4, 0.5) is 0 Å². The summed E-state index contributed by atoms with van der Waals surface area (Å²) in [6.07, 6.45) is 6.59. The Morgan fingerprint density at radius 3 is 3.00 bits per heavy atom. The number of rotatable bonds is 4. The van der Waals surface area contributed by atoms with Crippen LogP contribution in [0.5, 0.6) is 0 Å². The maximum Gasteiger partial charge on any atom is 0.131 e. The molecule has 0 amide bonds. The van der Waals surface area contributed by atoms with Crippen molar-refractivity contribution >= 4 is 0 Å². The Morgan fingerprint density at radius 2 is 2.43 bits per heavy atom. The molecule has 0 aromatic heterocycles. The number of nitrogens with one attached hydrogen (secondary N) is 1. The molecule has 1 aliphatic heterocycles. The van der Waals surface area contributed by atoms with Gasteiger partial charge in [0.2, 0.25) is 0 Å². The zero-order valence-electron chi connectivity index (χ0n) is 8.75. The molecule has 3 nitrogen and oxygen atoms in total. The van der Waals surface area contributed by atoms with Gasteiger partial charge in [0.1, 0.15) is 11.4 Å². The van der Waals surface area contributed by atoms with Gasteiger partial charge in [-0.3, -0.25) is 0 Å². The molecule has 1 fully saturated rings. The standard InChI is InChI=1S/C11H19NO2/c1-11(13,8-12-9-5-6-9)10-4-2-3-7-14-10/h4,9,12-13H,2-3,5-8H2,1H3. The minimum atomic E-state index is -0.830. The Hall–Kier alpha value is -0.540. The molecule has 2 aliphatic rings. The lowest BCUT2D eigenvalue weighted by Gasteiger charge is -2.29. The zero-order valence-corrected chi connectivity index (χ0v) is 8.75. The highest BCUT2D eigenvalue weighted by atomic mass is 16.5.